The molecule has 2 rings (SSSR count). The molecule has 0 saturated heterocycles. The molecule has 18 heavy (non-hydrogen) atoms. The summed E-state index contributed by atoms with van der Waals surface area (Å²) in [6.07, 6.45) is 1.52. The SMILES string of the molecule is [N-]=[N+]=Nc1cccnc1Oc1ccc(Cl)cc1Cl. The van der Waals surface area contributed by atoms with Crippen LogP contribution in [0.4, 0.5) is 5.69 Å². The predicted molar refractivity (Wildman–Crippen MR) is 69.6 cm³/mol. The lowest BCUT2D eigenvalue weighted by Gasteiger charge is -2.08. The Morgan fingerprint density at radius 3 is 2.83 bits per heavy atom. The molecule has 0 aliphatic heterocycles. The van der Waals surface area contributed by atoms with E-state index in [9.17, 15) is 0 Å². The summed E-state index contributed by atoms with van der Waals surface area (Å²) in [5.41, 5.74) is 8.72. The van der Waals surface area contributed by atoms with Crippen molar-refractivity contribution >= 4 is 28.9 Å². The standard InChI is InChI=1S/C11H6Cl2N4O/c12-7-3-4-10(8(13)6-7)18-11-9(16-17-14)2-1-5-15-11/h1-6H. The normalized spacial score (nSPS) is 9.67. The Morgan fingerprint density at radius 2 is 2.11 bits per heavy atom. The molecule has 90 valence electrons. The van der Waals surface area contributed by atoms with Gasteiger partial charge in [0, 0.05) is 16.1 Å². The van der Waals surface area contributed by atoms with E-state index in [2.05, 4.69) is 15.0 Å². The summed E-state index contributed by atoms with van der Waals surface area (Å²) in [5.74, 6) is 0.564. The van der Waals surface area contributed by atoms with Crippen LogP contribution in [0.3, 0.4) is 0 Å². The molecule has 0 atom stereocenters. The Balaban J connectivity index is 2.36. The molecule has 0 N–H and O–H groups in total. The van der Waals surface area contributed by atoms with Crippen LogP contribution in [0.2, 0.25) is 10.0 Å². The Kier molecular flexibility index (Phi) is 3.89. The van der Waals surface area contributed by atoms with Gasteiger partial charge in [-0.2, -0.15) is 0 Å². The monoisotopic (exact) mass is 280 g/mol. The maximum absolute atomic E-state index is 8.43. The molecule has 0 aliphatic rings. The highest BCUT2D eigenvalue weighted by Gasteiger charge is 2.08. The van der Waals surface area contributed by atoms with E-state index >= 15 is 0 Å². The van der Waals surface area contributed by atoms with Crippen molar-refractivity contribution in [2.24, 2.45) is 5.11 Å². The van der Waals surface area contributed by atoms with E-state index in [1.807, 2.05) is 0 Å². The molecule has 0 fully saturated rings. The predicted octanol–water partition coefficient (Wildman–Crippen LogP) is 5.12. The Morgan fingerprint density at radius 1 is 1.28 bits per heavy atom. The third kappa shape index (κ3) is 2.84. The van der Waals surface area contributed by atoms with Crippen LogP contribution in [-0.4, -0.2) is 4.98 Å². The Labute approximate surface area is 113 Å². The lowest BCUT2D eigenvalue weighted by atomic mass is 10.3. The number of benzene rings is 1. The zero-order chi connectivity index (χ0) is 13.0. The number of hydrogen-bond acceptors (Lipinski definition) is 3. The molecule has 2 aromatic rings. The number of nitrogens with zero attached hydrogens (tertiary/aromatic N) is 4. The van der Waals surface area contributed by atoms with E-state index in [0.29, 0.717) is 15.8 Å². The van der Waals surface area contributed by atoms with Crippen LogP contribution in [0, 0.1) is 0 Å². The lowest BCUT2D eigenvalue weighted by molar-refractivity contribution is 0.464. The Bertz CT molecular complexity index is 626. The molecular formula is C11H6Cl2N4O. The van der Waals surface area contributed by atoms with Crippen molar-refractivity contribution in [2.45, 2.75) is 0 Å². The second-order valence-electron chi connectivity index (χ2n) is 3.19. The van der Waals surface area contributed by atoms with Gasteiger partial charge in [0.1, 0.15) is 11.4 Å². The van der Waals surface area contributed by atoms with E-state index in [-0.39, 0.29) is 11.6 Å². The summed E-state index contributed by atoms with van der Waals surface area (Å²) in [6.45, 7) is 0. The van der Waals surface area contributed by atoms with Crippen molar-refractivity contribution in [3.8, 4) is 11.6 Å². The van der Waals surface area contributed by atoms with Crippen molar-refractivity contribution < 1.29 is 4.74 Å². The summed E-state index contributed by atoms with van der Waals surface area (Å²) in [6, 6.07) is 8.03. The van der Waals surface area contributed by atoms with E-state index in [4.69, 9.17) is 33.5 Å². The van der Waals surface area contributed by atoms with Gasteiger partial charge in [-0.05, 0) is 35.9 Å². The molecule has 0 spiro atoms. The third-order valence-electron chi connectivity index (χ3n) is 2.00. The minimum Gasteiger partial charge on any atom is -0.437 e. The highest BCUT2D eigenvalue weighted by molar-refractivity contribution is 6.35. The lowest BCUT2D eigenvalue weighted by Crippen LogP contribution is -1.88. The molecule has 5 nitrogen and oxygen atoms in total. The molecule has 0 unspecified atom stereocenters. The number of ether oxygens (including phenoxy) is 1. The van der Waals surface area contributed by atoms with Crippen LogP contribution in [0.5, 0.6) is 11.6 Å². The molecular weight excluding hydrogens is 275 g/mol. The number of hydrogen-bond donors (Lipinski definition) is 0. The third-order valence-corrected chi connectivity index (χ3v) is 2.53. The van der Waals surface area contributed by atoms with E-state index in [0.717, 1.165) is 0 Å². The maximum Gasteiger partial charge on any atom is 0.228 e. The first-order valence-corrected chi connectivity index (χ1v) is 5.59. The molecule has 7 heteroatoms. The van der Waals surface area contributed by atoms with Crippen LogP contribution in [0.15, 0.2) is 41.6 Å². The van der Waals surface area contributed by atoms with Crippen LogP contribution in [-0.2, 0) is 0 Å². The van der Waals surface area contributed by atoms with Gasteiger partial charge in [0.15, 0.2) is 0 Å². The minimum atomic E-state index is 0.180. The molecule has 0 aliphatic carbocycles. The summed E-state index contributed by atoms with van der Waals surface area (Å²) >= 11 is 11.7. The van der Waals surface area contributed by atoms with Gasteiger partial charge in [0.05, 0.1) is 5.02 Å². The second-order valence-corrected chi connectivity index (χ2v) is 4.04. The average molecular weight is 281 g/mol. The zero-order valence-corrected chi connectivity index (χ0v) is 10.4. The van der Waals surface area contributed by atoms with E-state index < -0.39 is 0 Å². The summed E-state index contributed by atoms with van der Waals surface area (Å²) < 4.78 is 5.48. The number of pyridine rings is 1. The first kappa shape index (κ1) is 12.5. The molecule has 0 amide bonds. The minimum absolute atomic E-state index is 0.180. The van der Waals surface area contributed by atoms with Gasteiger partial charge in [0.25, 0.3) is 0 Å². The van der Waals surface area contributed by atoms with Gasteiger partial charge in [-0.1, -0.05) is 28.3 Å². The zero-order valence-electron chi connectivity index (χ0n) is 8.92. The van der Waals surface area contributed by atoms with Gasteiger partial charge in [-0.15, -0.1) is 0 Å². The van der Waals surface area contributed by atoms with Crippen molar-refractivity contribution in [1.29, 1.82) is 0 Å². The molecule has 1 aromatic carbocycles. The number of aromatic nitrogens is 1. The molecule has 1 aromatic heterocycles. The van der Waals surface area contributed by atoms with Crippen LogP contribution < -0.4 is 4.74 Å². The highest BCUT2D eigenvalue weighted by Crippen LogP contribution is 2.34. The van der Waals surface area contributed by atoms with Crippen molar-refractivity contribution in [1.82, 2.24) is 4.98 Å². The number of azide groups is 1. The summed E-state index contributed by atoms with van der Waals surface area (Å²) in [5, 5.41) is 4.32. The van der Waals surface area contributed by atoms with E-state index in [1.54, 1.807) is 30.3 Å². The van der Waals surface area contributed by atoms with Gasteiger partial charge in [-0.3, -0.25) is 0 Å². The fourth-order valence-corrected chi connectivity index (χ4v) is 1.69. The fraction of sp³-hybridized carbons (Fsp3) is 0. The van der Waals surface area contributed by atoms with Gasteiger partial charge in [0.2, 0.25) is 5.88 Å². The summed E-state index contributed by atoms with van der Waals surface area (Å²) in [7, 11) is 0. The molecule has 0 radical (unpaired) electrons. The van der Waals surface area contributed by atoms with Crippen LogP contribution in [0.25, 0.3) is 10.4 Å². The largest absolute Gasteiger partial charge is 0.437 e. The number of rotatable bonds is 3. The van der Waals surface area contributed by atoms with Crippen molar-refractivity contribution in [3.63, 3.8) is 0 Å². The first-order valence-electron chi connectivity index (χ1n) is 4.84. The van der Waals surface area contributed by atoms with E-state index in [1.165, 1.54) is 6.20 Å². The van der Waals surface area contributed by atoms with Crippen LogP contribution >= 0.6 is 23.2 Å². The maximum atomic E-state index is 8.43. The molecule has 1 heterocycles. The second kappa shape index (κ2) is 5.60. The van der Waals surface area contributed by atoms with Crippen molar-refractivity contribution in [3.05, 3.63) is 57.0 Å². The van der Waals surface area contributed by atoms with Gasteiger partial charge >= 0.3 is 0 Å². The van der Waals surface area contributed by atoms with Crippen LogP contribution in [0.1, 0.15) is 0 Å². The van der Waals surface area contributed by atoms with Gasteiger partial charge < -0.3 is 4.74 Å². The summed E-state index contributed by atoms with van der Waals surface area (Å²) in [4.78, 5) is 6.67. The quantitative estimate of drug-likeness (QED) is 0.445. The Hall–Kier alpha value is -1.94. The smallest absolute Gasteiger partial charge is 0.228 e. The number of halogens is 2. The fourth-order valence-electron chi connectivity index (χ4n) is 1.25. The average Bonchev–Trinajstić information content (AvgIpc) is 2.35. The molecule has 0 saturated carbocycles. The topological polar surface area (TPSA) is 70.9 Å². The van der Waals surface area contributed by atoms with Crippen molar-refractivity contribution in [2.75, 3.05) is 0 Å². The molecule has 0 bridgehead atoms. The van der Waals surface area contributed by atoms with Gasteiger partial charge in [-0.25, -0.2) is 4.98 Å². The highest BCUT2D eigenvalue weighted by atomic mass is 35.5. The first-order chi connectivity index (χ1) is 8.70.